The third-order valence-electron chi connectivity index (χ3n) is 3.13. The van der Waals surface area contributed by atoms with E-state index in [0.29, 0.717) is 0 Å². The van der Waals surface area contributed by atoms with Gasteiger partial charge in [-0.25, -0.2) is 0 Å². The van der Waals surface area contributed by atoms with Crippen LogP contribution in [0.5, 0.6) is 0 Å². The fraction of sp³-hybridized carbons (Fsp3) is 0.0588. The Hall–Kier alpha value is -2.68. The van der Waals surface area contributed by atoms with Gasteiger partial charge in [-0.15, -0.1) is 0 Å². The molecule has 0 bridgehead atoms. The number of hydrogen-bond acceptors (Lipinski definition) is 3. The molecule has 0 amide bonds. The van der Waals surface area contributed by atoms with Crippen molar-refractivity contribution in [1.82, 2.24) is 4.98 Å². The predicted molar refractivity (Wildman–Crippen MR) is 84.0 cm³/mol. The highest BCUT2D eigenvalue weighted by atomic mass is 15.3. The minimum Gasteiger partial charge on any atom is -0.278 e. The average molecular weight is 261 g/mol. The molecule has 0 fully saturated rings. The van der Waals surface area contributed by atoms with Crippen molar-refractivity contribution in [2.24, 2.45) is 5.10 Å². The first kappa shape index (κ1) is 12.4. The van der Waals surface area contributed by atoms with Crippen LogP contribution < -0.4 is 5.43 Å². The van der Waals surface area contributed by atoms with Gasteiger partial charge < -0.3 is 0 Å². The molecule has 20 heavy (non-hydrogen) atoms. The zero-order valence-electron chi connectivity index (χ0n) is 11.2. The Morgan fingerprint density at radius 2 is 1.65 bits per heavy atom. The molecule has 0 aliphatic heterocycles. The van der Waals surface area contributed by atoms with Gasteiger partial charge in [-0.2, -0.15) is 5.10 Å². The molecule has 1 aromatic heterocycles. The molecule has 0 saturated heterocycles. The number of anilines is 1. The maximum atomic E-state index is 4.45. The van der Waals surface area contributed by atoms with Crippen LogP contribution in [-0.2, 0) is 0 Å². The van der Waals surface area contributed by atoms with Gasteiger partial charge in [-0.3, -0.25) is 10.4 Å². The number of hydrazone groups is 1. The maximum absolute atomic E-state index is 4.45. The largest absolute Gasteiger partial charge is 0.278 e. The SMILES string of the molecule is C/C(=N/Nc1ccccc1)c1cc2ccccc2cn1. The molecule has 2 aromatic carbocycles. The van der Waals surface area contributed by atoms with Crippen LogP contribution in [0.3, 0.4) is 0 Å². The highest BCUT2D eigenvalue weighted by Crippen LogP contribution is 2.14. The second-order valence-electron chi connectivity index (χ2n) is 4.59. The summed E-state index contributed by atoms with van der Waals surface area (Å²) in [7, 11) is 0. The Labute approximate surface area is 118 Å². The van der Waals surface area contributed by atoms with Crippen molar-refractivity contribution in [3.8, 4) is 0 Å². The molecular formula is C17H15N3. The molecule has 0 atom stereocenters. The van der Waals surface area contributed by atoms with Crippen LogP contribution in [0.1, 0.15) is 12.6 Å². The van der Waals surface area contributed by atoms with Gasteiger partial charge in [0.05, 0.1) is 17.1 Å². The molecule has 0 radical (unpaired) electrons. The molecule has 1 heterocycles. The lowest BCUT2D eigenvalue weighted by molar-refractivity contribution is 1.26. The van der Waals surface area contributed by atoms with E-state index >= 15 is 0 Å². The maximum Gasteiger partial charge on any atom is 0.0865 e. The van der Waals surface area contributed by atoms with E-state index in [-0.39, 0.29) is 0 Å². The average Bonchev–Trinajstić information content (AvgIpc) is 2.53. The van der Waals surface area contributed by atoms with Crippen molar-refractivity contribution in [3.63, 3.8) is 0 Å². The smallest absolute Gasteiger partial charge is 0.0865 e. The summed E-state index contributed by atoms with van der Waals surface area (Å²) < 4.78 is 0. The molecule has 0 aliphatic rings. The first-order valence-electron chi connectivity index (χ1n) is 6.53. The van der Waals surface area contributed by atoms with E-state index in [1.165, 1.54) is 5.39 Å². The van der Waals surface area contributed by atoms with Crippen molar-refractivity contribution in [3.05, 3.63) is 72.6 Å². The van der Waals surface area contributed by atoms with E-state index in [4.69, 9.17) is 0 Å². The van der Waals surface area contributed by atoms with Gasteiger partial charge in [0.15, 0.2) is 0 Å². The minimum atomic E-state index is 0.861. The van der Waals surface area contributed by atoms with Gasteiger partial charge in [-0.05, 0) is 30.5 Å². The van der Waals surface area contributed by atoms with Crippen LogP contribution >= 0.6 is 0 Å². The molecule has 1 N–H and O–H groups in total. The zero-order valence-corrected chi connectivity index (χ0v) is 11.2. The van der Waals surface area contributed by atoms with E-state index in [2.05, 4.69) is 33.7 Å². The summed E-state index contributed by atoms with van der Waals surface area (Å²) in [5.41, 5.74) is 5.75. The summed E-state index contributed by atoms with van der Waals surface area (Å²) in [6.07, 6.45) is 1.88. The normalized spacial score (nSPS) is 11.6. The number of aromatic nitrogens is 1. The van der Waals surface area contributed by atoms with E-state index in [1.54, 1.807) is 0 Å². The first-order valence-corrected chi connectivity index (χ1v) is 6.53. The second kappa shape index (κ2) is 5.53. The third kappa shape index (κ3) is 2.67. The molecule has 3 rings (SSSR count). The van der Waals surface area contributed by atoms with Gasteiger partial charge in [0.1, 0.15) is 0 Å². The first-order chi connectivity index (χ1) is 9.83. The Morgan fingerprint density at radius 1 is 0.950 bits per heavy atom. The topological polar surface area (TPSA) is 37.3 Å². The van der Waals surface area contributed by atoms with Crippen LogP contribution in [0.4, 0.5) is 5.69 Å². The number of fused-ring (bicyclic) bond motifs is 1. The van der Waals surface area contributed by atoms with Gasteiger partial charge in [0, 0.05) is 11.6 Å². The number of hydrogen-bond donors (Lipinski definition) is 1. The van der Waals surface area contributed by atoms with Gasteiger partial charge in [-0.1, -0.05) is 42.5 Å². The molecule has 0 saturated carbocycles. The molecule has 0 unspecified atom stereocenters. The Morgan fingerprint density at radius 3 is 2.45 bits per heavy atom. The summed E-state index contributed by atoms with van der Waals surface area (Å²) >= 11 is 0. The second-order valence-corrected chi connectivity index (χ2v) is 4.59. The van der Waals surface area contributed by atoms with Crippen LogP contribution in [0.2, 0.25) is 0 Å². The van der Waals surface area contributed by atoms with Crippen molar-refractivity contribution in [2.45, 2.75) is 6.92 Å². The van der Waals surface area contributed by atoms with Gasteiger partial charge in [0.25, 0.3) is 0 Å². The van der Waals surface area contributed by atoms with Crippen LogP contribution in [-0.4, -0.2) is 10.7 Å². The Bertz CT molecular complexity index is 748. The summed E-state index contributed by atoms with van der Waals surface area (Å²) in [6.45, 7) is 1.95. The van der Waals surface area contributed by atoms with Crippen LogP contribution in [0, 0.1) is 0 Å². The standard InChI is InChI=1S/C17H15N3/c1-13(19-20-16-9-3-2-4-10-16)17-11-14-7-5-6-8-15(14)12-18-17/h2-12,20H,1H3/b19-13-. The van der Waals surface area contributed by atoms with E-state index in [1.807, 2.05) is 55.6 Å². The number of rotatable bonds is 3. The molecule has 0 aliphatic carbocycles. The molecule has 3 heteroatoms. The lowest BCUT2D eigenvalue weighted by Crippen LogP contribution is -2.02. The molecule has 98 valence electrons. The van der Waals surface area contributed by atoms with Crippen molar-refractivity contribution < 1.29 is 0 Å². The molecule has 0 spiro atoms. The predicted octanol–water partition coefficient (Wildman–Crippen LogP) is 4.07. The lowest BCUT2D eigenvalue weighted by Gasteiger charge is -2.04. The zero-order chi connectivity index (χ0) is 13.8. The number of nitrogens with zero attached hydrogens (tertiary/aromatic N) is 2. The quantitative estimate of drug-likeness (QED) is 0.570. The molecular weight excluding hydrogens is 246 g/mol. The summed E-state index contributed by atoms with van der Waals surface area (Å²) in [5.74, 6) is 0. The lowest BCUT2D eigenvalue weighted by atomic mass is 10.1. The number of pyridine rings is 1. The minimum absolute atomic E-state index is 0.861. The van der Waals surface area contributed by atoms with E-state index in [0.717, 1.165) is 22.5 Å². The van der Waals surface area contributed by atoms with E-state index in [9.17, 15) is 0 Å². The van der Waals surface area contributed by atoms with Crippen LogP contribution in [0.15, 0.2) is 72.0 Å². The van der Waals surface area contributed by atoms with Crippen molar-refractivity contribution in [2.75, 3.05) is 5.43 Å². The highest BCUT2D eigenvalue weighted by molar-refractivity contribution is 6.00. The van der Waals surface area contributed by atoms with E-state index < -0.39 is 0 Å². The van der Waals surface area contributed by atoms with Crippen molar-refractivity contribution >= 4 is 22.2 Å². The van der Waals surface area contributed by atoms with Gasteiger partial charge >= 0.3 is 0 Å². The molecule has 3 aromatic rings. The number of para-hydroxylation sites is 1. The monoisotopic (exact) mass is 261 g/mol. The Kier molecular flexibility index (Phi) is 3.42. The summed E-state index contributed by atoms with van der Waals surface area (Å²) in [6, 6.07) is 20.1. The number of benzene rings is 2. The summed E-state index contributed by atoms with van der Waals surface area (Å²) in [5, 5.41) is 6.69. The Balaban J connectivity index is 1.86. The molecule has 3 nitrogen and oxygen atoms in total. The van der Waals surface area contributed by atoms with Crippen LogP contribution in [0.25, 0.3) is 10.8 Å². The van der Waals surface area contributed by atoms with Gasteiger partial charge in [0.2, 0.25) is 0 Å². The fourth-order valence-corrected chi connectivity index (χ4v) is 2.00. The third-order valence-corrected chi connectivity index (χ3v) is 3.13. The number of nitrogens with one attached hydrogen (secondary N) is 1. The fourth-order valence-electron chi connectivity index (χ4n) is 2.00. The summed E-state index contributed by atoms with van der Waals surface area (Å²) in [4.78, 5) is 4.45. The highest BCUT2D eigenvalue weighted by Gasteiger charge is 2.01. The van der Waals surface area contributed by atoms with Crippen molar-refractivity contribution in [1.29, 1.82) is 0 Å².